The molecule has 4 aromatic carbocycles. The number of rotatable bonds is 10. The van der Waals surface area contributed by atoms with E-state index in [1.807, 2.05) is 78.9 Å². The van der Waals surface area contributed by atoms with Crippen LogP contribution < -0.4 is 16.2 Å². The fraction of sp³-hybridized carbons (Fsp3) is 0.133. The maximum absolute atomic E-state index is 11.1. The molecule has 0 fully saturated rings. The first-order chi connectivity index (χ1) is 17.8. The molecule has 0 spiro atoms. The van der Waals surface area contributed by atoms with E-state index in [1.54, 1.807) is 12.1 Å². The van der Waals surface area contributed by atoms with Crippen LogP contribution in [-0.4, -0.2) is 28.2 Å². The van der Waals surface area contributed by atoms with Gasteiger partial charge in [-0.1, -0.05) is 78.9 Å². The van der Waals surface area contributed by atoms with Crippen molar-refractivity contribution in [2.45, 2.75) is 25.1 Å². The number of nitrogens with two attached hydrogens (primary N) is 2. The number of aliphatic carboxylic acids is 2. The number of ether oxygens (including phenoxy) is 1. The Morgan fingerprint density at radius 3 is 1.81 bits per heavy atom. The van der Waals surface area contributed by atoms with Gasteiger partial charge in [0.25, 0.3) is 0 Å². The molecule has 0 saturated heterocycles. The molecule has 37 heavy (non-hydrogen) atoms. The summed E-state index contributed by atoms with van der Waals surface area (Å²) in [4.78, 5) is 22.0. The first-order valence-electron chi connectivity index (χ1n) is 11.8. The van der Waals surface area contributed by atoms with Crippen molar-refractivity contribution in [1.29, 1.82) is 0 Å². The fourth-order valence-electron chi connectivity index (χ4n) is 3.95. The second kappa shape index (κ2) is 11.5. The van der Waals surface area contributed by atoms with Crippen molar-refractivity contribution in [3.8, 4) is 28.0 Å². The van der Waals surface area contributed by atoms with Crippen molar-refractivity contribution in [2.75, 3.05) is 0 Å². The van der Waals surface area contributed by atoms with Crippen LogP contribution in [0.2, 0.25) is 0 Å². The number of hydrogen-bond donors (Lipinski definition) is 4. The van der Waals surface area contributed by atoms with E-state index in [0.717, 1.165) is 33.4 Å². The Labute approximate surface area is 214 Å². The van der Waals surface area contributed by atoms with E-state index in [-0.39, 0.29) is 6.42 Å². The summed E-state index contributed by atoms with van der Waals surface area (Å²) < 4.78 is 5.92. The molecule has 6 N–H and O–H groups in total. The van der Waals surface area contributed by atoms with Gasteiger partial charge in [-0.05, 0) is 63.6 Å². The zero-order chi connectivity index (χ0) is 26.4. The quantitative estimate of drug-likeness (QED) is 0.251. The molecule has 0 amide bonds. The van der Waals surface area contributed by atoms with Gasteiger partial charge in [0, 0.05) is 0 Å². The van der Waals surface area contributed by atoms with Gasteiger partial charge >= 0.3 is 11.9 Å². The van der Waals surface area contributed by atoms with E-state index in [0.29, 0.717) is 17.9 Å². The first kappa shape index (κ1) is 25.6. The van der Waals surface area contributed by atoms with E-state index in [1.165, 1.54) is 0 Å². The molecule has 0 aliphatic heterocycles. The van der Waals surface area contributed by atoms with Gasteiger partial charge in [0.05, 0.1) is 0 Å². The standard InChI is InChI=1S/C30H28N2O5/c31-27(29(33)34)17-19-4-14-26(15-5-19)37-18-20-2-1-3-25(16-20)23-8-6-21(7-9-23)22-10-12-24(13-11-22)28(32)30(35)36/h1-16,27-28H,17-18,31-32H2,(H,33,34)(H,35,36). The lowest BCUT2D eigenvalue weighted by atomic mass is 9.98. The van der Waals surface area contributed by atoms with Crippen molar-refractivity contribution >= 4 is 11.9 Å². The second-order valence-corrected chi connectivity index (χ2v) is 8.80. The molecule has 2 atom stereocenters. The van der Waals surface area contributed by atoms with Gasteiger partial charge in [0.15, 0.2) is 0 Å². The summed E-state index contributed by atoms with van der Waals surface area (Å²) in [5.74, 6) is -1.38. The van der Waals surface area contributed by atoms with Crippen LogP contribution in [0.4, 0.5) is 0 Å². The molecule has 0 aromatic heterocycles. The van der Waals surface area contributed by atoms with Crippen LogP contribution in [0.15, 0.2) is 97.1 Å². The van der Waals surface area contributed by atoms with Crippen molar-refractivity contribution in [3.05, 3.63) is 114 Å². The van der Waals surface area contributed by atoms with Gasteiger partial charge in [-0.2, -0.15) is 0 Å². The number of carboxylic acids is 2. The lowest BCUT2D eigenvalue weighted by Crippen LogP contribution is -2.32. The van der Waals surface area contributed by atoms with Crippen molar-refractivity contribution in [3.63, 3.8) is 0 Å². The molecule has 4 aromatic rings. The van der Waals surface area contributed by atoms with Crippen LogP contribution in [0.3, 0.4) is 0 Å². The maximum atomic E-state index is 11.1. The summed E-state index contributed by atoms with van der Waals surface area (Å²) in [6, 6.07) is 28.8. The lowest BCUT2D eigenvalue weighted by molar-refractivity contribution is -0.139. The van der Waals surface area contributed by atoms with Gasteiger partial charge in [0.1, 0.15) is 24.4 Å². The molecule has 4 rings (SSSR count). The minimum Gasteiger partial charge on any atom is -0.489 e. The molecule has 188 valence electrons. The maximum Gasteiger partial charge on any atom is 0.325 e. The number of benzene rings is 4. The average molecular weight is 497 g/mol. The Hall–Kier alpha value is -4.46. The van der Waals surface area contributed by atoms with E-state index in [9.17, 15) is 9.59 Å². The minimum atomic E-state index is -1.05. The minimum absolute atomic E-state index is 0.265. The number of hydrogen-bond acceptors (Lipinski definition) is 5. The third-order valence-corrected chi connectivity index (χ3v) is 6.12. The highest BCUT2D eigenvalue weighted by molar-refractivity contribution is 5.76. The molecule has 0 aliphatic rings. The van der Waals surface area contributed by atoms with Gasteiger partial charge in [0.2, 0.25) is 0 Å². The Balaban J connectivity index is 1.39. The number of carboxylic acid groups (broad SMARTS) is 2. The SMILES string of the molecule is NC(Cc1ccc(OCc2cccc(-c3ccc(-c4ccc(C(N)C(=O)O)cc4)cc3)c2)cc1)C(=O)O. The van der Waals surface area contributed by atoms with E-state index >= 15 is 0 Å². The van der Waals surface area contributed by atoms with Crippen molar-refractivity contribution in [1.82, 2.24) is 0 Å². The normalized spacial score (nSPS) is 12.5. The van der Waals surface area contributed by atoms with Gasteiger partial charge in [-0.25, -0.2) is 0 Å². The summed E-state index contributed by atoms with van der Waals surface area (Å²) in [6.07, 6.45) is 0.265. The van der Waals surface area contributed by atoms with Crippen LogP contribution in [0.5, 0.6) is 5.75 Å². The summed E-state index contributed by atoms with van der Waals surface area (Å²) in [5.41, 5.74) is 17.8. The Kier molecular flexibility index (Phi) is 7.98. The van der Waals surface area contributed by atoms with Crippen LogP contribution in [-0.2, 0) is 22.6 Å². The van der Waals surface area contributed by atoms with Crippen LogP contribution in [0.1, 0.15) is 22.7 Å². The highest BCUT2D eigenvalue weighted by Gasteiger charge is 2.14. The lowest BCUT2D eigenvalue weighted by Gasteiger charge is -2.11. The highest BCUT2D eigenvalue weighted by atomic mass is 16.5. The highest BCUT2D eigenvalue weighted by Crippen LogP contribution is 2.27. The van der Waals surface area contributed by atoms with Gasteiger partial charge in [-0.3, -0.25) is 9.59 Å². The molecule has 0 aliphatic carbocycles. The Morgan fingerprint density at radius 1 is 0.676 bits per heavy atom. The Bertz CT molecular complexity index is 1370. The predicted molar refractivity (Wildman–Crippen MR) is 142 cm³/mol. The van der Waals surface area contributed by atoms with Crippen LogP contribution >= 0.6 is 0 Å². The topological polar surface area (TPSA) is 136 Å². The van der Waals surface area contributed by atoms with Gasteiger partial charge < -0.3 is 26.4 Å². The largest absolute Gasteiger partial charge is 0.489 e. The zero-order valence-electron chi connectivity index (χ0n) is 20.1. The van der Waals surface area contributed by atoms with Crippen LogP contribution in [0.25, 0.3) is 22.3 Å². The first-order valence-corrected chi connectivity index (χ1v) is 11.8. The summed E-state index contributed by atoms with van der Waals surface area (Å²) in [5, 5.41) is 18.0. The van der Waals surface area contributed by atoms with Crippen molar-refractivity contribution in [2.24, 2.45) is 11.5 Å². The molecule has 0 saturated carbocycles. The van der Waals surface area contributed by atoms with Crippen LogP contribution in [0, 0.1) is 0 Å². The molecule has 0 bridgehead atoms. The van der Waals surface area contributed by atoms with E-state index < -0.39 is 24.0 Å². The zero-order valence-corrected chi connectivity index (χ0v) is 20.1. The molecule has 0 radical (unpaired) electrons. The summed E-state index contributed by atoms with van der Waals surface area (Å²) in [7, 11) is 0. The summed E-state index contributed by atoms with van der Waals surface area (Å²) >= 11 is 0. The summed E-state index contributed by atoms with van der Waals surface area (Å²) in [6.45, 7) is 0.394. The molecule has 2 unspecified atom stereocenters. The molecular formula is C30H28N2O5. The predicted octanol–water partition coefficient (Wildman–Crippen LogP) is 4.64. The van der Waals surface area contributed by atoms with Gasteiger partial charge in [-0.15, -0.1) is 0 Å². The Morgan fingerprint density at radius 2 is 1.24 bits per heavy atom. The molecule has 7 heteroatoms. The van der Waals surface area contributed by atoms with Crippen molar-refractivity contribution < 1.29 is 24.5 Å². The van der Waals surface area contributed by atoms with E-state index in [4.69, 9.17) is 26.4 Å². The third-order valence-electron chi connectivity index (χ3n) is 6.12. The average Bonchev–Trinajstić information content (AvgIpc) is 2.92. The molecule has 7 nitrogen and oxygen atoms in total. The molecular weight excluding hydrogens is 468 g/mol. The third kappa shape index (κ3) is 6.61. The molecule has 0 heterocycles. The fourth-order valence-corrected chi connectivity index (χ4v) is 3.95. The number of carbonyl (C=O) groups is 2. The smallest absolute Gasteiger partial charge is 0.325 e. The van der Waals surface area contributed by atoms with E-state index in [2.05, 4.69) is 6.07 Å². The monoisotopic (exact) mass is 496 g/mol. The second-order valence-electron chi connectivity index (χ2n) is 8.80.